The Balaban J connectivity index is 1.47. The molecule has 33 heavy (non-hydrogen) atoms. The highest BCUT2D eigenvalue weighted by atomic mass is 16.5. The predicted octanol–water partition coefficient (Wildman–Crippen LogP) is 0.897. The minimum Gasteiger partial charge on any atom is -0.480 e. The number of nitrogens with zero attached hydrogens (tertiary/aromatic N) is 1. The Bertz CT molecular complexity index is 1020. The summed E-state index contributed by atoms with van der Waals surface area (Å²) in [7, 11) is 0. The number of nitrogens with one attached hydrogen (secondary N) is 3. The predicted molar refractivity (Wildman–Crippen MR) is 114 cm³/mol. The van der Waals surface area contributed by atoms with Gasteiger partial charge in [0.05, 0.1) is 24.9 Å². The lowest BCUT2D eigenvalue weighted by Crippen LogP contribution is -2.52. The summed E-state index contributed by atoms with van der Waals surface area (Å²) < 4.78 is 16.3. The van der Waals surface area contributed by atoms with Crippen molar-refractivity contribution in [1.82, 2.24) is 15.6 Å². The van der Waals surface area contributed by atoms with Crippen LogP contribution in [0.25, 0.3) is 0 Å². The molecular weight excluding hydrogens is 432 g/mol. The average molecular weight is 456 g/mol. The molecule has 2 aromatic rings. The highest BCUT2D eigenvalue weighted by molar-refractivity contribution is 5.94. The van der Waals surface area contributed by atoms with Crippen LogP contribution in [0.3, 0.4) is 0 Å². The van der Waals surface area contributed by atoms with E-state index in [2.05, 4.69) is 20.9 Å². The fourth-order valence-electron chi connectivity index (χ4n) is 3.75. The van der Waals surface area contributed by atoms with Crippen molar-refractivity contribution in [2.75, 3.05) is 25.1 Å². The summed E-state index contributed by atoms with van der Waals surface area (Å²) in [6.45, 7) is 0.529. The molecule has 0 spiro atoms. The average Bonchev–Trinajstić information content (AvgIpc) is 3.25. The first-order valence-electron chi connectivity index (χ1n) is 10.4. The van der Waals surface area contributed by atoms with Crippen LogP contribution >= 0.6 is 0 Å². The normalized spacial score (nSPS) is 20.2. The maximum absolute atomic E-state index is 13.0. The first kappa shape index (κ1) is 22.5. The molecule has 11 nitrogen and oxygen atoms in total. The van der Waals surface area contributed by atoms with Gasteiger partial charge in [0.25, 0.3) is 5.91 Å². The van der Waals surface area contributed by atoms with Gasteiger partial charge in [0.15, 0.2) is 18.2 Å². The first-order chi connectivity index (χ1) is 16.0. The summed E-state index contributed by atoms with van der Waals surface area (Å²) in [5.74, 6) is -0.533. The Labute approximate surface area is 189 Å². The van der Waals surface area contributed by atoms with Gasteiger partial charge in [-0.3, -0.25) is 14.9 Å². The van der Waals surface area contributed by atoms with Crippen LogP contribution < -0.4 is 20.7 Å². The van der Waals surface area contributed by atoms with Crippen molar-refractivity contribution in [1.29, 1.82) is 0 Å². The highest BCUT2D eigenvalue weighted by Gasteiger charge is 2.40. The van der Waals surface area contributed by atoms with Crippen LogP contribution in [0.5, 0.6) is 5.75 Å². The van der Waals surface area contributed by atoms with Crippen molar-refractivity contribution in [3.8, 4) is 5.75 Å². The van der Waals surface area contributed by atoms with Crippen LogP contribution in [0.15, 0.2) is 42.5 Å². The number of rotatable bonds is 8. The van der Waals surface area contributed by atoms with Crippen LogP contribution in [-0.2, 0) is 32.2 Å². The summed E-state index contributed by atoms with van der Waals surface area (Å²) >= 11 is 0. The molecule has 0 saturated carbocycles. The van der Waals surface area contributed by atoms with Crippen LogP contribution in [0.2, 0.25) is 0 Å². The molecule has 2 aliphatic rings. The Kier molecular flexibility index (Phi) is 7.01. The zero-order chi connectivity index (χ0) is 23.2. The zero-order valence-electron chi connectivity index (χ0n) is 17.7. The molecule has 1 aromatic carbocycles. The molecule has 11 heteroatoms. The first-order valence-corrected chi connectivity index (χ1v) is 10.4. The molecule has 3 heterocycles. The lowest BCUT2D eigenvalue weighted by atomic mass is 9.94. The number of amides is 2. The lowest BCUT2D eigenvalue weighted by molar-refractivity contribution is -0.149. The minimum atomic E-state index is -1.20. The summed E-state index contributed by atoms with van der Waals surface area (Å²) in [6.07, 6.45) is -1.20. The van der Waals surface area contributed by atoms with Gasteiger partial charge in [-0.05, 0) is 17.7 Å². The molecule has 1 fully saturated rings. The van der Waals surface area contributed by atoms with Gasteiger partial charge in [-0.25, -0.2) is 9.78 Å². The SMILES string of the molecule is O=C(O)N[C@@H]1COC[C@H]1C(NCc1ccc2c(n1)NC(=O)CO2)C(=O)OCc1ccccc1. The molecule has 2 aliphatic heterocycles. The minimum absolute atomic E-state index is 0.0682. The second kappa shape index (κ2) is 10.3. The molecule has 0 radical (unpaired) electrons. The number of aromatic nitrogens is 1. The van der Waals surface area contributed by atoms with Crippen LogP contribution in [0, 0.1) is 5.92 Å². The number of benzene rings is 1. The van der Waals surface area contributed by atoms with Crippen molar-refractivity contribution in [2.24, 2.45) is 5.92 Å². The Hall–Kier alpha value is -3.70. The third kappa shape index (κ3) is 5.76. The third-order valence-corrected chi connectivity index (χ3v) is 5.37. The summed E-state index contributed by atoms with van der Waals surface area (Å²) in [5.41, 5.74) is 1.39. The van der Waals surface area contributed by atoms with Crippen molar-refractivity contribution in [3.05, 3.63) is 53.7 Å². The second-order valence-corrected chi connectivity index (χ2v) is 7.70. The van der Waals surface area contributed by atoms with E-state index in [9.17, 15) is 14.4 Å². The lowest BCUT2D eigenvalue weighted by Gasteiger charge is -2.27. The van der Waals surface area contributed by atoms with E-state index < -0.39 is 30.1 Å². The fourth-order valence-corrected chi connectivity index (χ4v) is 3.75. The quantitative estimate of drug-likeness (QED) is 0.425. The number of fused-ring (bicyclic) bond motifs is 1. The van der Waals surface area contributed by atoms with Gasteiger partial charge < -0.3 is 30.0 Å². The topological polar surface area (TPSA) is 148 Å². The molecule has 1 aromatic heterocycles. The third-order valence-electron chi connectivity index (χ3n) is 5.37. The fraction of sp³-hybridized carbons (Fsp3) is 0.364. The van der Waals surface area contributed by atoms with E-state index in [1.807, 2.05) is 30.3 Å². The largest absolute Gasteiger partial charge is 0.480 e. The molecular formula is C22H24N4O7. The Morgan fingerprint density at radius 2 is 2.03 bits per heavy atom. The van der Waals surface area contributed by atoms with E-state index in [4.69, 9.17) is 19.3 Å². The molecule has 2 amide bonds. The zero-order valence-corrected chi connectivity index (χ0v) is 17.7. The van der Waals surface area contributed by atoms with Crippen molar-refractivity contribution in [2.45, 2.75) is 25.2 Å². The number of esters is 1. The van der Waals surface area contributed by atoms with Gasteiger partial charge in [0.1, 0.15) is 12.6 Å². The van der Waals surface area contributed by atoms with E-state index in [0.717, 1.165) is 5.56 Å². The molecule has 3 atom stereocenters. The van der Waals surface area contributed by atoms with E-state index >= 15 is 0 Å². The number of ether oxygens (including phenoxy) is 3. The van der Waals surface area contributed by atoms with Gasteiger partial charge in [0, 0.05) is 12.5 Å². The Morgan fingerprint density at radius 1 is 1.21 bits per heavy atom. The number of carboxylic acid groups (broad SMARTS) is 1. The maximum Gasteiger partial charge on any atom is 0.404 e. The second-order valence-electron chi connectivity index (χ2n) is 7.70. The Morgan fingerprint density at radius 3 is 2.82 bits per heavy atom. The molecule has 1 unspecified atom stereocenters. The van der Waals surface area contributed by atoms with Crippen molar-refractivity contribution < 1.29 is 33.7 Å². The summed E-state index contributed by atoms with van der Waals surface area (Å²) in [5, 5.41) is 17.3. The van der Waals surface area contributed by atoms with Gasteiger partial charge in [-0.15, -0.1) is 0 Å². The van der Waals surface area contributed by atoms with Crippen LogP contribution in [0.1, 0.15) is 11.3 Å². The molecule has 0 aliphatic carbocycles. The van der Waals surface area contributed by atoms with Crippen LogP contribution in [0.4, 0.5) is 10.6 Å². The molecule has 4 N–H and O–H groups in total. The summed E-state index contributed by atoms with van der Waals surface area (Å²) in [4.78, 5) is 40.1. The van der Waals surface area contributed by atoms with Crippen molar-refractivity contribution >= 4 is 23.8 Å². The van der Waals surface area contributed by atoms with Gasteiger partial charge in [0.2, 0.25) is 0 Å². The highest BCUT2D eigenvalue weighted by Crippen LogP contribution is 2.26. The summed E-state index contributed by atoms with van der Waals surface area (Å²) in [6, 6.07) is 11.2. The van der Waals surface area contributed by atoms with E-state index in [1.54, 1.807) is 12.1 Å². The molecule has 1 saturated heterocycles. The standard InChI is InChI=1S/C22H24N4O7/c27-18-12-32-17-7-6-14(24-20(17)26-18)8-23-19(15-10-31-11-16(15)25-22(29)30)21(28)33-9-13-4-2-1-3-5-13/h1-7,15-16,19,23,25H,8-12H2,(H,29,30)(H,24,26,27)/t15-,16-,19?/m1/s1. The van der Waals surface area contributed by atoms with Gasteiger partial charge in [-0.2, -0.15) is 0 Å². The smallest absolute Gasteiger partial charge is 0.404 e. The molecule has 4 rings (SSSR count). The number of hydrogen-bond acceptors (Lipinski definition) is 8. The van der Waals surface area contributed by atoms with E-state index in [1.165, 1.54) is 0 Å². The number of carbonyl (C=O) groups excluding carboxylic acids is 2. The van der Waals surface area contributed by atoms with Crippen molar-refractivity contribution in [3.63, 3.8) is 0 Å². The van der Waals surface area contributed by atoms with Gasteiger partial charge >= 0.3 is 12.1 Å². The van der Waals surface area contributed by atoms with E-state index in [-0.39, 0.29) is 38.9 Å². The molecule has 174 valence electrons. The van der Waals surface area contributed by atoms with Crippen LogP contribution in [-0.4, -0.2) is 60.0 Å². The maximum atomic E-state index is 13.0. The number of carbonyl (C=O) groups is 3. The molecule has 0 bridgehead atoms. The number of pyridine rings is 1. The number of anilines is 1. The van der Waals surface area contributed by atoms with Gasteiger partial charge in [-0.1, -0.05) is 30.3 Å². The van der Waals surface area contributed by atoms with E-state index in [0.29, 0.717) is 17.3 Å². The monoisotopic (exact) mass is 456 g/mol. The number of hydrogen-bond donors (Lipinski definition) is 4.